The van der Waals surface area contributed by atoms with Crippen molar-refractivity contribution >= 4 is 24.6 Å². The fourth-order valence-electron chi connectivity index (χ4n) is 1.27. The van der Waals surface area contributed by atoms with Crippen LogP contribution in [0.1, 0.15) is 26.3 Å². The number of hydrogen-bond acceptors (Lipinski definition) is 1. The van der Waals surface area contributed by atoms with E-state index in [4.69, 9.17) is 0 Å². The maximum atomic E-state index is 11.3. The summed E-state index contributed by atoms with van der Waals surface area (Å²) in [6.45, 7) is 6.33. The summed E-state index contributed by atoms with van der Waals surface area (Å²) in [6, 6.07) is 7.76. The Bertz CT molecular complexity index is 328. The van der Waals surface area contributed by atoms with Gasteiger partial charge in [0.2, 0.25) is 5.30 Å². The van der Waals surface area contributed by atoms with Gasteiger partial charge in [0.05, 0.1) is 0 Å². The number of thiol groups is 1. The fourth-order valence-corrected chi connectivity index (χ4v) is 2.63. The molecule has 1 nitrogen and oxygen atoms in total. The highest BCUT2D eigenvalue weighted by molar-refractivity contribution is 8.43. The van der Waals surface area contributed by atoms with Gasteiger partial charge in [-0.25, -0.2) is 0 Å². The number of benzene rings is 1. The van der Waals surface area contributed by atoms with Crippen LogP contribution >= 0.6 is 19.3 Å². The second kappa shape index (κ2) is 3.81. The van der Waals surface area contributed by atoms with Crippen molar-refractivity contribution < 1.29 is 4.57 Å². The van der Waals surface area contributed by atoms with Gasteiger partial charge in [-0.3, -0.25) is 0 Å². The van der Waals surface area contributed by atoms with Gasteiger partial charge in [-0.2, -0.15) is 0 Å². The van der Waals surface area contributed by atoms with Crippen molar-refractivity contribution in [2.75, 3.05) is 0 Å². The molecule has 1 aromatic carbocycles. The first-order chi connectivity index (χ1) is 5.93. The zero-order valence-electron chi connectivity index (χ0n) is 8.11. The molecule has 0 heterocycles. The molecular weight excluding hydrogens is 199 g/mol. The molecule has 0 amide bonds. The van der Waals surface area contributed by atoms with Gasteiger partial charge in [0.15, 0.2) is 0 Å². The molecule has 13 heavy (non-hydrogen) atoms. The van der Waals surface area contributed by atoms with Crippen LogP contribution in [0.2, 0.25) is 0 Å². The first-order valence-corrected chi connectivity index (χ1v) is 6.60. The van der Waals surface area contributed by atoms with Crippen LogP contribution in [0.25, 0.3) is 0 Å². The lowest BCUT2D eigenvalue weighted by atomic mass is 9.87. The largest absolute Gasteiger partial charge is 0.446 e. The summed E-state index contributed by atoms with van der Waals surface area (Å²) in [6.07, 6.45) is 0. The van der Waals surface area contributed by atoms with Crippen LogP contribution in [0.15, 0.2) is 24.3 Å². The van der Waals surface area contributed by atoms with Crippen LogP contribution in [-0.4, -0.2) is 0 Å². The van der Waals surface area contributed by atoms with E-state index in [0.717, 1.165) is 10.9 Å². The molecular formula is C10H14OPS+. The summed E-state index contributed by atoms with van der Waals surface area (Å²) in [4.78, 5) is 0. The average molecular weight is 213 g/mol. The van der Waals surface area contributed by atoms with E-state index < -0.39 is 7.00 Å². The Balaban J connectivity index is 3.28. The van der Waals surface area contributed by atoms with Gasteiger partial charge in [0.25, 0.3) is 0 Å². The number of rotatable bonds is 1. The molecule has 3 heteroatoms. The zero-order valence-corrected chi connectivity index (χ0v) is 9.90. The van der Waals surface area contributed by atoms with Gasteiger partial charge in [0, 0.05) is 5.56 Å². The van der Waals surface area contributed by atoms with Gasteiger partial charge < -0.3 is 0 Å². The van der Waals surface area contributed by atoms with Gasteiger partial charge in [0.1, 0.15) is 12.2 Å². The van der Waals surface area contributed by atoms with E-state index in [0.29, 0.717) is 0 Å². The molecule has 0 aliphatic carbocycles. The van der Waals surface area contributed by atoms with Crippen molar-refractivity contribution in [1.29, 1.82) is 0 Å². The van der Waals surface area contributed by atoms with Crippen molar-refractivity contribution in [1.82, 2.24) is 0 Å². The second-order valence-corrected chi connectivity index (χ2v) is 6.16. The molecule has 0 spiro atoms. The molecule has 0 aliphatic rings. The van der Waals surface area contributed by atoms with Crippen LogP contribution in [-0.2, 0) is 9.98 Å². The Kier molecular flexibility index (Phi) is 3.15. The first-order valence-electron chi connectivity index (χ1n) is 4.18. The monoisotopic (exact) mass is 213 g/mol. The lowest BCUT2D eigenvalue weighted by Crippen LogP contribution is -2.19. The van der Waals surface area contributed by atoms with Crippen molar-refractivity contribution in [3.8, 4) is 0 Å². The highest BCUT2D eigenvalue weighted by Gasteiger charge is 2.26. The lowest BCUT2D eigenvalue weighted by molar-refractivity contribution is 0.588. The van der Waals surface area contributed by atoms with Crippen LogP contribution in [0.4, 0.5) is 0 Å². The Hall–Kier alpha value is -0.330. The molecule has 70 valence electrons. The summed E-state index contributed by atoms with van der Waals surface area (Å²) in [5.74, 6) is 0. The van der Waals surface area contributed by atoms with Crippen molar-refractivity contribution in [2.24, 2.45) is 0 Å². The summed E-state index contributed by atoms with van der Waals surface area (Å²) in [5.41, 5.74) is 1.15. The predicted octanol–water partition coefficient (Wildman–Crippen LogP) is 3.28. The summed E-state index contributed by atoms with van der Waals surface area (Å²) in [5, 5.41) is 0.855. The molecule has 0 aromatic heterocycles. The molecule has 0 saturated carbocycles. The zero-order chi connectivity index (χ0) is 10.1. The molecule has 0 saturated heterocycles. The van der Waals surface area contributed by atoms with Gasteiger partial charge in [-0.05, 0) is 11.5 Å². The third-order valence-electron chi connectivity index (χ3n) is 1.92. The smallest absolute Gasteiger partial charge is 0.0616 e. The molecule has 1 rings (SSSR count). The minimum Gasteiger partial charge on any atom is -0.0616 e. The normalized spacial score (nSPS) is 12.8. The van der Waals surface area contributed by atoms with E-state index in [2.05, 4.69) is 33.0 Å². The molecule has 0 fully saturated rings. The SMILES string of the molecule is CC(C)(C)c1ccccc1[P+](=O)S. The Labute approximate surface area is 85.5 Å². The van der Waals surface area contributed by atoms with Crippen molar-refractivity contribution in [3.05, 3.63) is 29.8 Å². The van der Waals surface area contributed by atoms with E-state index in [9.17, 15) is 4.57 Å². The summed E-state index contributed by atoms with van der Waals surface area (Å²) >= 11 is 4.00. The minimum atomic E-state index is -1.54. The molecule has 0 aliphatic heterocycles. The Morgan fingerprint density at radius 3 is 2.15 bits per heavy atom. The summed E-state index contributed by atoms with van der Waals surface area (Å²) < 4.78 is 11.3. The van der Waals surface area contributed by atoms with Crippen molar-refractivity contribution in [3.63, 3.8) is 0 Å². The molecule has 0 radical (unpaired) electrons. The topological polar surface area (TPSA) is 17.1 Å². The van der Waals surface area contributed by atoms with Gasteiger partial charge in [-0.15, -0.1) is 0 Å². The average Bonchev–Trinajstić information content (AvgIpc) is 2.03. The van der Waals surface area contributed by atoms with Crippen LogP contribution in [0.5, 0.6) is 0 Å². The maximum absolute atomic E-state index is 11.3. The van der Waals surface area contributed by atoms with E-state index in [1.165, 1.54) is 0 Å². The fraction of sp³-hybridized carbons (Fsp3) is 0.400. The van der Waals surface area contributed by atoms with Crippen LogP contribution in [0, 0.1) is 0 Å². The third-order valence-corrected chi connectivity index (χ3v) is 3.37. The van der Waals surface area contributed by atoms with E-state index in [1.54, 1.807) is 0 Å². The maximum Gasteiger partial charge on any atom is 0.446 e. The predicted molar refractivity (Wildman–Crippen MR) is 61.4 cm³/mol. The molecule has 1 unspecified atom stereocenters. The highest BCUT2D eigenvalue weighted by atomic mass is 32.7. The Morgan fingerprint density at radius 2 is 1.77 bits per heavy atom. The first kappa shape index (κ1) is 10.7. The Morgan fingerprint density at radius 1 is 1.23 bits per heavy atom. The molecule has 0 bridgehead atoms. The second-order valence-electron chi connectivity index (χ2n) is 4.04. The lowest BCUT2D eigenvalue weighted by Gasteiger charge is -2.18. The quantitative estimate of drug-likeness (QED) is 0.559. The van der Waals surface area contributed by atoms with Crippen LogP contribution in [0.3, 0.4) is 0 Å². The van der Waals surface area contributed by atoms with E-state index >= 15 is 0 Å². The minimum absolute atomic E-state index is 0.0321. The standard InChI is InChI=1S/C10H13OPS/c1-10(2,3)8-6-4-5-7-9(8)12(11)13/h4-7H,1-3H3/p+1. The number of hydrogen-bond donors (Lipinski definition) is 1. The molecule has 0 N–H and O–H groups in total. The van der Waals surface area contributed by atoms with E-state index in [1.807, 2.05) is 24.3 Å². The summed E-state index contributed by atoms with van der Waals surface area (Å²) in [7, 11) is -1.54. The van der Waals surface area contributed by atoms with Gasteiger partial charge in [-0.1, -0.05) is 43.5 Å². The molecule has 1 atom stereocenters. The molecule has 1 aromatic rings. The third kappa shape index (κ3) is 2.55. The highest BCUT2D eigenvalue weighted by Crippen LogP contribution is 2.31. The van der Waals surface area contributed by atoms with E-state index in [-0.39, 0.29) is 5.41 Å². The van der Waals surface area contributed by atoms with Gasteiger partial charge >= 0.3 is 7.00 Å². The van der Waals surface area contributed by atoms with Crippen LogP contribution < -0.4 is 5.30 Å². The van der Waals surface area contributed by atoms with Crippen molar-refractivity contribution in [2.45, 2.75) is 26.2 Å².